The molecule has 0 aliphatic carbocycles. The second-order valence-electron chi connectivity index (χ2n) is 5.37. The van der Waals surface area contributed by atoms with Crippen molar-refractivity contribution in [2.24, 2.45) is 0 Å². The lowest BCUT2D eigenvalue weighted by Crippen LogP contribution is -2.53. The SMILES string of the molecule is COc1nc(N)ccc1B(O)OC(C)(C)C(C)(C)O. The first-order chi connectivity index (χ1) is 8.58. The number of anilines is 1. The normalized spacial score (nSPS) is 12.4. The molecule has 1 rings (SSSR count). The molecule has 0 radical (unpaired) electrons. The summed E-state index contributed by atoms with van der Waals surface area (Å²) in [6, 6.07) is 3.12. The summed E-state index contributed by atoms with van der Waals surface area (Å²) >= 11 is 0. The number of nitrogens with zero attached hydrogens (tertiary/aromatic N) is 1. The molecule has 0 saturated heterocycles. The zero-order valence-corrected chi connectivity index (χ0v) is 12.0. The predicted molar refractivity (Wildman–Crippen MR) is 74.3 cm³/mol. The molecule has 106 valence electrons. The van der Waals surface area contributed by atoms with Crippen LogP contribution in [0.5, 0.6) is 5.88 Å². The number of aromatic nitrogens is 1. The third-order valence-corrected chi connectivity index (χ3v) is 3.25. The first-order valence-corrected chi connectivity index (χ1v) is 5.97. The van der Waals surface area contributed by atoms with Gasteiger partial charge in [0.05, 0.1) is 18.3 Å². The summed E-state index contributed by atoms with van der Waals surface area (Å²) in [5, 5.41) is 20.1. The zero-order chi connectivity index (χ0) is 14.8. The van der Waals surface area contributed by atoms with Crippen molar-refractivity contribution in [3.05, 3.63) is 12.1 Å². The van der Waals surface area contributed by atoms with Gasteiger partial charge in [-0.3, -0.25) is 0 Å². The predicted octanol–water partition coefficient (Wildman–Crippen LogP) is -0.0740. The van der Waals surface area contributed by atoms with Crippen molar-refractivity contribution in [2.75, 3.05) is 12.8 Å². The van der Waals surface area contributed by atoms with Gasteiger partial charge in [0.1, 0.15) is 5.82 Å². The molecule has 0 aromatic carbocycles. The zero-order valence-electron chi connectivity index (χ0n) is 12.0. The van der Waals surface area contributed by atoms with Crippen LogP contribution in [0.15, 0.2) is 12.1 Å². The smallest absolute Gasteiger partial charge is 0.481 e. The highest BCUT2D eigenvalue weighted by Gasteiger charge is 2.40. The summed E-state index contributed by atoms with van der Waals surface area (Å²) in [7, 11) is 0.156. The number of hydrogen-bond acceptors (Lipinski definition) is 6. The van der Waals surface area contributed by atoms with Gasteiger partial charge in [-0.05, 0) is 33.8 Å². The van der Waals surface area contributed by atoms with Crippen molar-refractivity contribution in [1.29, 1.82) is 0 Å². The number of nitrogens with two attached hydrogens (primary N) is 1. The standard InChI is InChI=1S/C12H21BN2O4/c1-11(2,16)12(3,4)19-13(17)8-6-7-9(14)15-10(8)18-5/h6-7,16-17H,1-5H3,(H2,14,15). The summed E-state index contributed by atoms with van der Waals surface area (Å²) in [6.07, 6.45) is 0. The Morgan fingerprint density at radius 2 is 1.84 bits per heavy atom. The maximum Gasteiger partial charge on any atom is 0.497 e. The van der Waals surface area contributed by atoms with E-state index in [1.165, 1.54) is 7.11 Å². The van der Waals surface area contributed by atoms with E-state index in [0.29, 0.717) is 5.46 Å². The molecular formula is C12H21BN2O4. The van der Waals surface area contributed by atoms with Gasteiger partial charge in [0.15, 0.2) is 0 Å². The van der Waals surface area contributed by atoms with E-state index in [4.69, 9.17) is 15.1 Å². The maximum absolute atomic E-state index is 10.1. The first kappa shape index (κ1) is 15.8. The van der Waals surface area contributed by atoms with Crippen molar-refractivity contribution in [1.82, 2.24) is 4.98 Å². The first-order valence-electron chi connectivity index (χ1n) is 5.97. The minimum absolute atomic E-state index is 0.194. The molecule has 0 aliphatic heterocycles. The van der Waals surface area contributed by atoms with Crippen LogP contribution in [-0.2, 0) is 4.65 Å². The summed E-state index contributed by atoms with van der Waals surface area (Å²) < 4.78 is 10.6. The summed E-state index contributed by atoms with van der Waals surface area (Å²) in [5.41, 5.74) is 3.82. The number of ether oxygens (including phenoxy) is 1. The Bertz CT molecular complexity index is 446. The van der Waals surface area contributed by atoms with Crippen LogP contribution in [-0.4, -0.2) is 40.5 Å². The Hall–Kier alpha value is -1.31. The lowest BCUT2D eigenvalue weighted by atomic mass is 9.77. The molecule has 0 saturated carbocycles. The molecule has 7 heteroatoms. The molecule has 6 nitrogen and oxygen atoms in total. The quantitative estimate of drug-likeness (QED) is 0.646. The topological polar surface area (TPSA) is 97.8 Å². The molecule has 1 heterocycles. The number of rotatable bonds is 5. The summed E-state index contributed by atoms with van der Waals surface area (Å²) in [5.74, 6) is 0.480. The minimum atomic E-state index is -1.27. The molecule has 19 heavy (non-hydrogen) atoms. The van der Waals surface area contributed by atoms with Crippen molar-refractivity contribution >= 4 is 18.4 Å². The molecule has 1 aromatic rings. The van der Waals surface area contributed by atoms with E-state index in [1.54, 1.807) is 39.8 Å². The van der Waals surface area contributed by atoms with Crippen LogP contribution in [0, 0.1) is 0 Å². The highest BCUT2D eigenvalue weighted by molar-refractivity contribution is 6.61. The van der Waals surface area contributed by atoms with E-state index in [9.17, 15) is 10.1 Å². The fourth-order valence-electron chi connectivity index (χ4n) is 1.30. The fourth-order valence-corrected chi connectivity index (χ4v) is 1.30. The van der Waals surface area contributed by atoms with Gasteiger partial charge in [-0.25, -0.2) is 0 Å². The van der Waals surface area contributed by atoms with Crippen LogP contribution in [0.1, 0.15) is 27.7 Å². The van der Waals surface area contributed by atoms with Crippen LogP contribution in [0.2, 0.25) is 0 Å². The number of hydrogen-bond donors (Lipinski definition) is 3. The van der Waals surface area contributed by atoms with E-state index < -0.39 is 18.3 Å². The largest absolute Gasteiger partial charge is 0.497 e. The lowest BCUT2D eigenvalue weighted by molar-refractivity contribution is -0.0983. The fraction of sp³-hybridized carbons (Fsp3) is 0.583. The maximum atomic E-state index is 10.1. The van der Waals surface area contributed by atoms with Crippen molar-refractivity contribution in [2.45, 2.75) is 38.9 Å². The van der Waals surface area contributed by atoms with E-state index in [2.05, 4.69) is 4.98 Å². The van der Waals surface area contributed by atoms with Crippen LogP contribution >= 0.6 is 0 Å². The Morgan fingerprint density at radius 3 is 2.32 bits per heavy atom. The highest BCUT2D eigenvalue weighted by Crippen LogP contribution is 2.25. The van der Waals surface area contributed by atoms with Gasteiger partial charge in [0, 0.05) is 5.46 Å². The number of nitrogen functional groups attached to an aromatic ring is 1. The summed E-state index contributed by atoms with van der Waals surface area (Å²) in [4.78, 5) is 3.96. The molecule has 0 atom stereocenters. The van der Waals surface area contributed by atoms with Crippen molar-refractivity contribution in [3.8, 4) is 5.88 Å². The molecule has 0 unspecified atom stereocenters. The second kappa shape index (κ2) is 5.36. The Balaban J connectivity index is 2.99. The average molecular weight is 268 g/mol. The van der Waals surface area contributed by atoms with Gasteiger partial charge < -0.3 is 25.3 Å². The van der Waals surface area contributed by atoms with Gasteiger partial charge in [0.25, 0.3) is 0 Å². The highest BCUT2D eigenvalue weighted by atomic mass is 16.6. The van der Waals surface area contributed by atoms with Gasteiger partial charge in [-0.2, -0.15) is 4.98 Å². The van der Waals surface area contributed by atoms with Crippen LogP contribution < -0.4 is 15.9 Å². The van der Waals surface area contributed by atoms with Crippen LogP contribution in [0.3, 0.4) is 0 Å². The average Bonchev–Trinajstić information content (AvgIpc) is 2.26. The number of aliphatic hydroxyl groups is 1. The van der Waals surface area contributed by atoms with Crippen molar-refractivity contribution in [3.63, 3.8) is 0 Å². The molecule has 0 fully saturated rings. The Kier molecular flexibility index (Phi) is 4.44. The van der Waals surface area contributed by atoms with Gasteiger partial charge in [0.2, 0.25) is 5.88 Å². The van der Waals surface area contributed by atoms with Crippen molar-refractivity contribution < 1.29 is 19.5 Å². The minimum Gasteiger partial charge on any atom is -0.481 e. The Labute approximate surface area is 113 Å². The monoisotopic (exact) mass is 268 g/mol. The van der Waals surface area contributed by atoms with E-state index in [0.717, 1.165) is 0 Å². The van der Waals surface area contributed by atoms with E-state index in [-0.39, 0.29) is 11.7 Å². The molecule has 0 aliphatic rings. The van der Waals surface area contributed by atoms with Gasteiger partial charge in [-0.1, -0.05) is 6.07 Å². The van der Waals surface area contributed by atoms with E-state index >= 15 is 0 Å². The molecule has 0 spiro atoms. The molecule has 4 N–H and O–H groups in total. The number of methoxy groups -OCH3 is 1. The third-order valence-electron chi connectivity index (χ3n) is 3.25. The number of pyridine rings is 1. The third kappa shape index (κ3) is 3.59. The molecule has 0 amide bonds. The second-order valence-corrected chi connectivity index (χ2v) is 5.37. The Morgan fingerprint density at radius 1 is 1.26 bits per heavy atom. The van der Waals surface area contributed by atoms with Gasteiger partial charge >= 0.3 is 7.12 Å². The van der Waals surface area contributed by atoms with E-state index in [1.807, 2.05) is 0 Å². The van der Waals surface area contributed by atoms with Crippen LogP contribution in [0.25, 0.3) is 0 Å². The lowest BCUT2D eigenvalue weighted by Gasteiger charge is -2.38. The van der Waals surface area contributed by atoms with Crippen LogP contribution in [0.4, 0.5) is 5.82 Å². The molecular weight excluding hydrogens is 247 g/mol. The van der Waals surface area contributed by atoms with Gasteiger partial charge in [-0.15, -0.1) is 0 Å². The molecule has 1 aromatic heterocycles. The molecule has 0 bridgehead atoms. The summed E-state index contributed by atoms with van der Waals surface area (Å²) in [6.45, 7) is 6.59.